The van der Waals surface area contributed by atoms with E-state index >= 15 is 0 Å². The Morgan fingerprint density at radius 3 is 2.63 bits per heavy atom. The zero-order valence-electron chi connectivity index (χ0n) is 12.0. The molecule has 0 bridgehead atoms. The van der Waals surface area contributed by atoms with Gasteiger partial charge in [-0.15, -0.1) is 0 Å². The maximum Gasteiger partial charge on any atom is 0.242 e. The van der Waals surface area contributed by atoms with Gasteiger partial charge >= 0.3 is 0 Å². The van der Waals surface area contributed by atoms with Gasteiger partial charge in [-0.25, -0.2) is 4.98 Å². The van der Waals surface area contributed by atoms with E-state index in [0.29, 0.717) is 5.82 Å². The highest BCUT2D eigenvalue weighted by Gasteiger charge is 2.17. The van der Waals surface area contributed by atoms with E-state index in [1.165, 1.54) is 0 Å². The predicted molar refractivity (Wildman–Crippen MR) is 76.9 cm³/mol. The molecule has 0 aromatic carbocycles. The van der Waals surface area contributed by atoms with Crippen molar-refractivity contribution < 1.29 is 4.79 Å². The lowest BCUT2D eigenvalue weighted by Crippen LogP contribution is -2.38. The first-order valence-corrected chi connectivity index (χ1v) is 6.60. The maximum atomic E-state index is 11.8. The van der Waals surface area contributed by atoms with Crippen molar-refractivity contribution in [3.63, 3.8) is 0 Å². The number of likely N-dealkylation sites (N-methyl/N-ethyl adjacent to an activating group) is 1. The molecule has 0 aliphatic heterocycles. The fraction of sp³-hybridized carbons (Fsp3) is 0.615. The molecular weight excluding hydrogens is 242 g/mol. The first kappa shape index (κ1) is 15.2. The molecule has 6 nitrogen and oxygen atoms in total. The van der Waals surface area contributed by atoms with E-state index in [4.69, 9.17) is 5.73 Å². The van der Waals surface area contributed by atoms with Crippen molar-refractivity contribution in [3.05, 3.63) is 11.8 Å². The average molecular weight is 265 g/mol. The van der Waals surface area contributed by atoms with Crippen molar-refractivity contribution in [3.8, 4) is 0 Å². The monoisotopic (exact) mass is 265 g/mol. The van der Waals surface area contributed by atoms with Crippen LogP contribution in [0.5, 0.6) is 0 Å². The lowest BCUT2D eigenvalue weighted by molar-refractivity contribution is -0.121. The van der Waals surface area contributed by atoms with Crippen LogP contribution in [0.2, 0.25) is 0 Å². The number of anilines is 2. The highest BCUT2D eigenvalue weighted by molar-refractivity contribution is 5.84. The number of nitrogens with one attached hydrogen (secondary N) is 2. The Kier molecular flexibility index (Phi) is 5.54. The van der Waals surface area contributed by atoms with Crippen LogP contribution in [0.25, 0.3) is 0 Å². The summed E-state index contributed by atoms with van der Waals surface area (Å²) in [5.74, 6) is 1.03. The molecule has 0 aliphatic rings. The zero-order chi connectivity index (χ0) is 14.4. The summed E-state index contributed by atoms with van der Waals surface area (Å²) in [6, 6.07) is 1.54. The van der Waals surface area contributed by atoms with Crippen LogP contribution < -0.4 is 16.4 Å². The molecule has 1 aromatic rings. The third kappa shape index (κ3) is 4.39. The number of nitrogen functional groups attached to an aromatic ring is 1. The third-order valence-corrected chi connectivity index (χ3v) is 2.82. The highest BCUT2D eigenvalue weighted by Crippen LogP contribution is 2.17. The highest BCUT2D eigenvalue weighted by atomic mass is 16.2. The number of carbonyl (C=O) groups is 1. The number of nitrogens with two attached hydrogens (primary N) is 1. The quantitative estimate of drug-likeness (QED) is 0.725. The molecule has 0 spiro atoms. The second-order valence-corrected chi connectivity index (χ2v) is 4.79. The van der Waals surface area contributed by atoms with Crippen molar-refractivity contribution in [2.45, 2.75) is 45.6 Å². The Bertz CT molecular complexity index is 433. The molecule has 1 amide bonds. The lowest BCUT2D eigenvalue weighted by atomic mass is 10.1. The second kappa shape index (κ2) is 6.92. The number of rotatable bonds is 6. The van der Waals surface area contributed by atoms with Crippen LogP contribution in [0.4, 0.5) is 11.8 Å². The second-order valence-electron chi connectivity index (χ2n) is 4.79. The summed E-state index contributed by atoms with van der Waals surface area (Å²) < 4.78 is 0. The van der Waals surface area contributed by atoms with Crippen molar-refractivity contribution in [2.24, 2.45) is 0 Å². The van der Waals surface area contributed by atoms with Gasteiger partial charge in [-0.2, -0.15) is 4.98 Å². The molecule has 0 fully saturated rings. The largest absolute Gasteiger partial charge is 0.368 e. The van der Waals surface area contributed by atoms with E-state index in [1.807, 2.05) is 26.8 Å². The minimum Gasteiger partial charge on any atom is -0.368 e. The standard InChI is InChI=1S/C13H23N5O/c1-5-6-9(12(19)15-4)16-11-7-10(8(2)3)17-13(14)18-11/h7-9H,5-6H2,1-4H3,(H,15,19)(H3,14,16,17,18). The SMILES string of the molecule is CCCC(Nc1cc(C(C)C)nc(N)n1)C(=O)NC. The molecule has 19 heavy (non-hydrogen) atoms. The molecule has 0 aliphatic carbocycles. The van der Waals surface area contributed by atoms with Gasteiger partial charge in [-0.05, 0) is 12.3 Å². The molecule has 1 aromatic heterocycles. The Morgan fingerprint density at radius 1 is 1.42 bits per heavy atom. The van der Waals surface area contributed by atoms with E-state index in [2.05, 4.69) is 20.6 Å². The molecule has 6 heteroatoms. The molecule has 106 valence electrons. The minimum atomic E-state index is -0.302. The van der Waals surface area contributed by atoms with Crippen molar-refractivity contribution >= 4 is 17.7 Å². The van der Waals surface area contributed by atoms with E-state index in [1.54, 1.807) is 7.05 Å². The zero-order valence-corrected chi connectivity index (χ0v) is 12.0. The van der Waals surface area contributed by atoms with Gasteiger partial charge in [0.15, 0.2) is 0 Å². The van der Waals surface area contributed by atoms with Gasteiger partial charge in [0.1, 0.15) is 11.9 Å². The smallest absolute Gasteiger partial charge is 0.242 e. The van der Waals surface area contributed by atoms with Crippen molar-refractivity contribution in [1.29, 1.82) is 0 Å². The van der Waals surface area contributed by atoms with Crippen LogP contribution in [0.1, 0.15) is 45.2 Å². The van der Waals surface area contributed by atoms with E-state index < -0.39 is 0 Å². The Labute approximate surface area is 114 Å². The number of amides is 1. The van der Waals surface area contributed by atoms with Crippen LogP contribution in [0.3, 0.4) is 0 Å². The van der Waals surface area contributed by atoms with Crippen LogP contribution in [0, 0.1) is 0 Å². The molecule has 1 heterocycles. The van der Waals surface area contributed by atoms with Crippen molar-refractivity contribution in [1.82, 2.24) is 15.3 Å². The first-order valence-electron chi connectivity index (χ1n) is 6.60. The lowest BCUT2D eigenvalue weighted by Gasteiger charge is -2.18. The van der Waals surface area contributed by atoms with Crippen molar-refractivity contribution in [2.75, 3.05) is 18.1 Å². The average Bonchev–Trinajstić information content (AvgIpc) is 2.36. The Hall–Kier alpha value is -1.85. The normalized spacial score (nSPS) is 12.3. The fourth-order valence-electron chi connectivity index (χ4n) is 1.77. The van der Waals surface area contributed by atoms with Crippen LogP contribution in [-0.2, 0) is 4.79 Å². The van der Waals surface area contributed by atoms with Gasteiger partial charge in [0.05, 0.1) is 5.69 Å². The fourth-order valence-corrected chi connectivity index (χ4v) is 1.77. The summed E-state index contributed by atoms with van der Waals surface area (Å²) in [7, 11) is 1.63. The van der Waals surface area contributed by atoms with Gasteiger partial charge in [0, 0.05) is 13.1 Å². The minimum absolute atomic E-state index is 0.0508. The molecule has 0 radical (unpaired) electrons. The predicted octanol–water partition coefficient (Wildman–Crippen LogP) is 1.51. The Balaban J connectivity index is 2.92. The summed E-state index contributed by atoms with van der Waals surface area (Å²) >= 11 is 0. The number of aromatic nitrogens is 2. The van der Waals surface area contributed by atoms with Crippen LogP contribution >= 0.6 is 0 Å². The molecule has 1 rings (SSSR count). The maximum absolute atomic E-state index is 11.8. The number of carbonyl (C=O) groups excluding carboxylic acids is 1. The molecule has 4 N–H and O–H groups in total. The van der Waals surface area contributed by atoms with Crippen LogP contribution in [0.15, 0.2) is 6.07 Å². The van der Waals surface area contributed by atoms with Gasteiger partial charge in [0.2, 0.25) is 11.9 Å². The van der Waals surface area contributed by atoms with Gasteiger partial charge in [-0.1, -0.05) is 27.2 Å². The third-order valence-electron chi connectivity index (χ3n) is 2.82. The molecule has 1 atom stereocenters. The van der Waals surface area contributed by atoms with Crippen LogP contribution in [-0.4, -0.2) is 29.0 Å². The first-order chi connectivity index (χ1) is 8.97. The summed E-state index contributed by atoms with van der Waals surface area (Å²) in [6.07, 6.45) is 1.64. The van der Waals surface area contributed by atoms with Gasteiger partial charge < -0.3 is 16.4 Å². The Morgan fingerprint density at radius 2 is 2.11 bits per heavy atom. The van der Waals surface area contributed by atoms with Gasteiger partial charge in [-0.3, -0.25) is 4.79 Å². The summed E-state index contributed by atoms with van der Waals surface area (Å²) in [6.45, 7) is 6.10. The number of nitrogens with zero attached hydrogens (tertiary/aromatic N) is 2. The topological polar surface area (TPSA) is 92.9 Å². The molecule has 0 saturated heterocycles. The van der Waals surface area contributed by atoms with E-state index in [9.17, 15) is 4.79 Å². The van der Waals surface area contributed by atoms with E-state index in [0.717, 1.165) is 18.5 Å². The van der Waals surface area contributed by atoms with E-state index in [-0.39, 0.29) is 23.8 Å². The summed E-state index contributed by atoms with van der Waals surface area (Å²) in [4.78, 5) is 20.1. The number of hydrogen-bond acceptors (Lipinski definition) is 5. The summed E-state index contributed by atoms with van der Waals surface area (Å²) in [5.41, 5.74) is 6.56. The van der Waals surface area contributed by atoms with Gasteiger partial charge in [0.25, 0.3) is 0 Å². The molecule has 0 saturated carbocycles. The molecular formula is C13H23N5O. The summed E-state index contributed by atoms with van der Waals surface area (Å²) in [5, 5.41) is 5.77. The number of hydrogen-bond donors (Lipinski definition) is 3. The molecule has 1 unspecified atom stereocenters.